The standard InChI is InChI=1S/C17H29N3O/c1-4-6-15-14(7-5-10-19(15)3)16(21)20-11-8-17(2,13-18)9-12-20/h14-15H,4-12H2,1-3H3. The zero-order valence-corrected chi connectivity index (χ0v) is 13.8. The summed E-state index contributed by atoms with van der Waals surface area (Å²) >= 11 is 0. The van der Waals surface area contributed by atoms with Crippen molar-refractivity contribution in [2.75, 3.05) is 26.7 Å². The molecule has 0 aromatic rings. The van der Waals surface area contributed by atoms with Gasteiger partial charge in [0.05, 0.1) is 17.4 Å². The lowest BCUT2D eigenvalue weighted by Crippen LogP contribution is -2.52. The summed E-state index contributed by atoms with van der Waals surface area (Å²) in [6, 6.07) is 2.81. The first kappa shape index (κ1) is 16.3. The Balaban J connectivity index is 2.00. The largest absolute Gasteiger partial charge is 0.342 e. The molecule has 118 valence electrons. The monoisotopic (exact) mass is 291 g/mol. The Morgan fingerprint density at radius 3 is 2.57 bits per heavy atom. The predicted octanol–water partition coefficient (Wildman–Crippen LogP) is 2.65. The minimum atomic E-state index is -0.233. The minimum Gasteiger partial charge on any atom is -0.342 e. The van der Waals surface area contributed by atoms with Crippen molar-refractivity contribution in [2.24, 2.45) is 11.3 Å². The lowest BCUT2D eigenvalue weighted by atomic mass is 9.80. The number of likely N-dealkylation sites (tertiary alicyclic amines) is 2. The van der Waals surface area contributed by atoms with Gasteiger partial charge in [0.2, 0.25) is 5.91 Å². The maximum absolute atomic E-state index is 12.9. The Morgan fingerprint density at radius 2 is 2.00 bits per heavy atom. The quantitative estimate of drug-likeness (QED) is 0.803. The molecule has 0 aromatic heterocycles. The first-order valence-corrected chi connectivity index (χ1v) is 8.41. The van der Waals surface area contributed by atoms with E-state index < -0.39 is 0 Å². The molecule has 2 aliphatic rings. The van der Waals surface area contributed by atoms with Crippen LogP contribution in [0.1, 0.15) is 52.4 Å². The summed E-state index contributed by atoms with van der Waals surface area (Å²) in [5.41, 5.74) is -0.233. The van der Waals surface area contributed by atoms with Crippen molar-refractivity contribution < 1.29 is 4.79 Å². The Kier molecular flexibility index (Phi) is 5.27. The van der Waals surface area contributed by atoms with Crippen LogP contribution < -0.4 is 0 Å². The van der Waals surface area contributed by atoms with E-state index in [1.54, 1.807) is 0 Å². The van der Waals surface area contributed by atoms with Gasteiger partial charge in [0, 0.05) is 19.1 Å². The van der Waals surface area contributed by atoms with Gasteiger partial charge in [-0.3, -0.25) is 4.79 Å². The van der Waals surface area contributed by atoms with E-state index >= 15 is 0 Å². The van der Waals surface area contributed by atoms with Gasteiger partial charge in [0.1, 0.15) is 0 Å². The van der Waals surface area contributed by atoms with E-state index in [0.717, 1.165) is 58.2 Å². The summed E-state index contributed by atoms with van der Waals surface area (Å²) < 4.78 is 0. The van der Waals surface area contributed by atoms with Gasteiger partial charge in [-0.15, -0.1) is 0 Å². The van der Waals surface area contributed by atoms with E-state index in [1.807, 2.05) is 11.8 Å². The number of amides is 1. The first-order chi connectivity index (χ1) is 10.0. The maximum Gasteiger partial charge on any atom is 0.227 e. The molecular weight excluding hydrogens is 262 g/mol. The molecule has 2 aliphatic heterocycles. The number of hydrogen-bond acceptors (Lipinski definition) is 3. The fourth-order valence-electron chi connectivity index (χ4n) is 3.80. The van der Waals surface area contributed by atoms with Crippen LogP contribution in [0.3, 0.4) is 0 Å². The summed E-state index contributed by atoms with van der Waals surface area (Å²) in [4.78, 5) is 17.3. The highest BCUT2D eigenvalue weighted by atomic mass is 16.2. The summed E-state index contributed by atoms with van der Waals surface area (Å²) in [6.07, 6.45) is 6.02. The van der Waals surface area contributed by atoms with Crippen molar-refractivity contribution in [3.05, 3.63) is 0 Å². The molecule has 0 aromatic carbocycles. The summed E-state index contributed by atoms with van der Waals surface area (Å²) in [7, 11) is 2.16. The molecule has 2 fully saturated rings. The second-order valence-corrected chi connectivity index (χ2v) is 7.08. The van der Waals surface area contributed by atoms with Gasteiger partial charge in [-0.05, 0) is 52.6 Å². The first-order valence-electron chi connectivity index (χ1n) is 8.41. The maximum atomic E-state index is 12.9. The highest BCUT2D eigenvalue weighted by Crippen LogP contribution is 2.33. The van der Waals surface area contributed by atoms with Crippen LogP contribution in [0.5, 0.6) is 0 Å². The van der Waals surface area contributed by atoms with E-state index in [0.29, 0.717) is 11.9 Å². The molecule has 2 heterocycles. The Morgan fingerprint density at radius 1 is 1.33 bits per heavy atom. The van der Waals surface area contributed by atoms with E-state index in [4.69, 9.17) is 0 Å². The normalized spacial score (nSPS) is 29.9. The van der Waals surface area contributed by atoms with Crippen LogP contribution >= 0.6 is 0 Å². The molecule has 0 radical (unpaired) electrons. The fourth-order valence-corrected chi connectivity index (χ4v) is 3.80. The Hall–Kier alpha value is -1.08. The summed E-state index contributed by atoms with van der Waals surface area (Å²) in [5.74, 6) is 0.495. The molecule has 4 nitrogen and oxygen atoms in total. The Labute approximate surface area is 129 Å². The van der Waals surface area contributed by atoms with E-state index in [2.05, 4.69) is 24.9 Å². The second kappa shape index (κ2) is 6.79. The number of piperidine rings is 2. The van der Waals surface area contributed by atoms with Crippen molar-refractivity contribution in [1.82, 2.24) is 9.80 Å². The van der Waals surface area contributed by atoms with Crippen LogP contribution in [-0.2, 0) is 4.79 Å². The van der Waals surface area contributed by atoms with Crippen LogP contribution in [0.2, 0.25) is 0 Å². The number of carbonyl (C=O) groups is 1. The van der Waals surface area contributed by atoms with Crippen molar-refractivity contribution in [3.8, 4) is 6.07 Å². The zero-order valence-electron chi connectivity index (χ0n) is 13.8. The van der Waals surface area contributed by atoms with Crippen LogP contribution in [0.15, 0.2) is 0 Å². The van der Waals surface area contributed by atoms with E-state index in [1.165, 1.54) is 0 Å². The third-order valence-electron chi connectivity index (χ3n) is 5.41. The average molecular weight is 291 g/mol. The fraction of sp³-hybridized carbons (Fsp3) is 0.882. The molecule has 0 bridgehead atoms. The van der Waals surface area contributed by atoms with Crippen LogP contribution in [0, 0.1) is 22.7 Å². The molecular formula is C17H29N3O. The van der Waals surface area contributed by atoms with E-state index in [9.17, 15) is 10.1 Å². The lowest BCUT2D eigenvalue weighted by Gasteiger charge is -2.42. The molecule has 2 unspecified atom stereocenters. The SMILES string of the molecule is CCCC1C(C(=O)N2CCC(C)(C#N)CC2)CCCN1C. The van der Waals surface area contributed by atoms with Crippen molar-refractivity contribution in [2.45, 2.75) is 58.4 Å². The number of carbonyl (C=O) groups excluding carboxylic acids is 1. The molecule has 2 saturated heterocycles. The van der Waals surface area contributed by atoms with E-state index in [-0.39, 0.29) is 11.3 Å². The van der Waals surface area contributed by atoms with Crippen molar-refractivity contribution in [3.63, 3.8) is 0 Å². The van der Waals surface area contributed by atoms with Crippen LogP contribution in [-0.4, -0.2) is 48.4 Å². The van der Waals surface area contributed by atoms with Gasteiger partial charge < -0.3 is 9.80 Å². The molecule has 0 N–H and O–H groups in total. The zero-order chi connectivity index (χ0) is 15.5. The number of rotatable bonds is 3. The Bertz CT molecular complexity index is 407. The average Bonchev–Trinajstić information content (AvgIpc) is 2.49. The number of nitriles is 1. The molecule has 2 atom stereocenters. The minimum absolute atomic E-state index is 0.162. The van der Waals surface area contributed by atoms with Crippen molar-refractivity contribution in [1.29, 1.82) is 5.26 Å². The van der Waals surface area contributed by atoms with Gasteiger partial charge in [-0.25, -0.2) is 0 Å². The molecule has 4 heteroatoms. The molecule has 21 heavy (non-hydrogen) atoms. The predicted molar refractivity (Wildman–Crippen MR) is 83.6 cm³/mol. The van der Waals surface area contributed by atoms with Crippen LogP contribution in [0.4, 0.5) is 0 Å². The van der Waals surface area contributed by atoms with Gasteiger partial charge in [-0.2, -0.15) is 5.26 Å². The molecule has 0 spiro atoms. The number of hydrogen-bond donors (Lipinski definition) is 0. The molecule has 0 saturated carbocycles. The third-order valence-corrected chi connectivity index (χ3v) is 5.41. The lowest BCUT2D eigenvalue weighted by molar-refractivity contribution is -0.141. The highest BCUT2D eigenvalue weighted by molar-refractivity contribution is 5.79. The number of nitrogens with zero attached hydrogens (tertiary/aromatic N) is 3. The van der Waals surface area contributed by atoms with Gasteiger partial charge in [-0.1, -0.05) is 13.3 Å². The molecule has 2 rings (SSSR count). The van der Waals surface area contributed by atoms with Gasteiger partial charge in [0.15, 0.2) is 0 Å². The second-order valence-electron chi connectivity index (χ2n) is 7.08. The van der Waals surface area contributed by atoms with Gasteiger partial charge in [0.25, 0.3) is 0 Å². The summed E-state index contributed by atoms with van der Waals surface area (Å²) in [6.45, 7) is 6.83. The summed E-state index contributed by atoms with van der Waals surface area (Å²) in [5, 5.41) is 9.21. The topological polar surface area (TPSA) is 47.3 Å². The van der Waals surface area contributed by atoms with Crippen molar-refractivity contribution >= 4 is 5.91 Å². The smallest absolute Gasteiger partial charge is 0.227 e. The molecule has 1 amide bonds. The van der Waals surface area contributed by atoms with Gasteiger partial charge >= 0.3 is 0 Å². The highest BCUT2D eigenvalue weighted by Gasteiger charge is 2.38. The van der Waals surface area contributed by atoms with Crippen LogP contribution in [0.25, 0.3) is 0 Å². The molecule has 0 aliphatic carbocycles. The third kappa shape index (κ3) is 3.58.